The maximum Gasteiger partial charge on any atom is 0.261 e. The second kappa shape index (κ2) is 9.33. The number of carbonyl (C=O) groups excluding carboxylic acids is 1. The van der Waals surface area contributed by atoms with Crippen molar-refractivity contribution in [1.82, 2.24) is 4.90 Å². The largest absolute Gasteiger partial charge is 0.339 e. The van der Waals surface area contributed by atoms with Crippen LogP contribution < -0.4 is 4.72 Å². The number of nitrogens with one attached hydrogen (secondary N) is 1. The van der Waals surface area contributed by atoms with E-state index in [0.717, 1.165) is 48.1 Å². The number of hydrogen-bond donors (Lipinski definition) is 1. The van der Waals surface area contributed by atoms with Crippen LogP contribution in [0.3, 0.4) is 0 Å². The summed E-state index contributed by atoms with van der Waals surface area (Å²) >= 11 is 4.79. The van der Waals surface area contributed by atoms with E-state index in [-0.39, 0.29) is 10.8 Å². The van der Waals surface area contributed by atoms with Crippen molar-refractivity contribution in [1.29, 1.82) is 0 Å². The molecule has 0 bridgehead atoms. The second-order valence-corrected chi connectivity index (χ2v) is 10.1. The molecule has 1 aliphatic rings. The summed E-state index contributed by atoms with van der Waals surface area (Å²) in [7, 11) is -3.80. The highest BCUT2D eigenvalue weighted by Crippen LogP contribution is 2.27. The van der Waals surface area contributed by atoms with Crippen molar-refractivity contribution in [3.63, 3.8) is 0 Å². The molecule has 5 nitrogen and oxygen atoms in total. The van der Waals surface area contributed by atoms with Gasteiger partial charge in [-0.05, 0) is 55.5 Å². The maximum atomic E-state index is 13.1. The van der Waals surface area contributed by atoms with Crippen LogP contribution >= 0.6 is 27.7 Å². The predicted octanol–water partition coefficient (Wildman–Crippen LogP) is 4.99. The van der Waals surface area contributed by atoms with Crippen molar-refractivity contribution in [3.8, 4) is 0 Å². The Morgan fingerprint density at radius 3 is 2.43 bits per heavy atom. The first-order valence-corrected chi connectivity index (χ1v) is 12.7. The number of likely N-dealkylation sites (tertiary alicyclic amines) is 1. The van der Waals surface area contributed by atoms with Gasteiger partial charge in [0.2, 0.25) is 0 Å². The van der Waals surface area contributed by atoms with Crippen molar-refractivity contribution in [2.75, 3.05) is 24.1 Å². The van der Waals surface area contributed by atoms with E-state index in [2.05, 4.69) is 20.7 Å². The molecule has 0 aliphatic carbocycles. The van der Waals surface area contributed by atoms with Crippen molar-refractivity contribution in [2.24, 2.45) is 0 Å². The van der Waals surface area contributed by atoms with Gasteiger partial charge in [0.1, 0.15) is 0 Å². The number of amides is 1. The van der Waals surface area contributed by atoms with Crippen LogP contribution in [-0.2, 0) is 10.0 Å². The van der Waals surface area contributed by atoms with Crippen molar-refractivity contribution in [3.05, 3.63) is 52.5 Å². The van der Waals surface area contributed by atoms with Crippen molar-refractivity contribution >= 4 is 49.3 Å². The topological polar surface area (TPSA) is 66.5 Å². The van der Waals surface area contributed by atoms with Gasteiger partial charge in [-0.15, -0.1) is 11.8 Å². The molecule has 2 aromatic rings. The number of thioether (sulfide) groups is 1. The summed E-state index contributed by atoms with van der Waals surface area (Å²) in [6, 6.07) is 11.7. The normalized spacial score (nSPS) is 15.1. The third kappa shape index (κ3) is 5.10. The molecule has 0 atom stereocenters. The fraction of sp³-hybridized carbons (Fsp3) is 0.350. The molecule has 2 aromatic carbocycles. The first-order chi connectivity index (χ1) is 13.4. The van der Waals surface area contributed by atoms with Crippen molar-refractivity contribution in [2.45, 2.75) is 35.5 Å². The van der Waals surface area contributed by atoms with Gasteiger partial charge in [-0.25, -0.2) is 8.42 Å². The van der Waals surface area contributed by atoms with Crippen LogP contribution in [0.1, 0.15) is 36.0 Å². The Bertz CT molecular complexity index is 956. The molecule has 28 heavy (non-hydrogen) atoms. The first-order valence-electron chi connectivity index (χ1n) is 9.16. The molecular weight excluding hydrogens is 460 g/mol. The number of nitrogens with zero attached hydrogens (tertiary/aromatic N) is 1. The Labute approximate surface area is 179 Å². The van der Waals surface area contributed by atoms with Crippen LogP contribution in [0, 0.1) is 0 Å². The van der Waals surface area contributed by atoms with Gasteiger partial charge in [-0.3, -0.25) is 9.52 Å². The van der Waals surface area contributed by atoms with Crippen LogP contribution in [0.25, 0.3) is 0 Å². The van der Waals surface area contributed by atoms with Gasteiger partial charge in [0.05, 0.1) is 10.5 Å². The quantitative estimate of drug-likeness (QED) is 0.609. The fourth-order valence-corrected chi connectivity index (χ4v) is 5.28. The van der Waals surface area contributed by atoms with Gasteiger partial charge in [0, 0.05) is 28.1 Å². The van der Waals surface area contributed by atoms with Crippen LogP contribution in [0.5, 0.6) is 0 Å². The zero-order valence-corrected chi connectivity index (χ0v) is 18.9. The molecule has 1 N–H and O–H groups in total. The SMILES string of the molecule is CSc1ccc(S(=O)(=O)Nc2cccc(Br)c2)cc1C(=O)N1CCCCCC1. The van der Waals surface area contributed by atoms with Gasteiger partial charge >= 0.3 is 0 Å². The molecule has 0 spiro atoms. The fourth-order valence-electron chi connectivity index (χ4n) is 3.23. The van der Waals surface area contributed by atoms with E-state index in [1.54, 1.807) is 30.3 Å². The standard InChI is InChI=1S/C20H23BrN2O3S2/c1-27-19-10-9-17(28(25,26)22-16-8-6-7-15(21)13-16)14-18(19)20(24)23-11-4-2-3-5-12-23/h6-10,13-14,22H,2-5,11-12H2,1H3. The molecule has 0 saturated carbocycles. The average Bonchev–Trinajstić information content (AvgIpc) is 2.96. The number of anilines is 1. The molecule has 8 heteroatoms. The zero-order valence-electron chi connectivity index (χ0n) is 15.7. The third-order valence-electron chi connectivity index (χ3n) is 4.68. The van der Waals surface area contributed by atoms with E-state index in [4.69, 9.17) is 0 Å². The Balaban J connectivity index is 1.92. The number of hydrogen-bond acceptors (Lipinski definition) is 4. The number of halogens is 1. The molecule has 1 aliphatic heterocycles. The molecule has 1 amide bonds. The minimum Gasteiger partial charge on any atom is -0.339 e. The monoisotopic (exact) mass is 482 g/mol. The highest BCUT2D eigenvalue weighted by molar-refractivity contribution is 9.10. The Morgan fingerprint density at radius 1 is 1.07 bits per heavy atom. The molecule has 0 unspecified atom stereocenters. The lowest BCUT2D eigenvalue weighted by Crippen LogP contribution is -2.32. The van der Waals surface area contributed by atoms with E-state index in [1.807, 2.05) is 17.2 Å². The smallest absolute Gasteiger partial charge is 0.261 e. The van der Waals surface area contributed by atoms with E-state index in [1.165, 1.54) is 17.8 Å². The van der Waals surface area contributed by atoms with E-state index >= 15 is 0 Å². The summed E-state index contributed by atoms with van der Waals surface area (Å²) in [4.78, 5) is 15.8. The van der Waals surface area contributed by atoms with Gasteiger partial charge in [0.25, 0.3) is 15.9 Å². The third-order valence-corrected chi connectivity index (χ3v) is 7.35. The van der Waals surface area contributed by atoms with Crippen LogP contribution in [-0.4, -0.2) is 38.6 Å². The molecule has 3 rings (SSSR count). The van der Waals surface area contributed by atoms with Crippen LogP contribution in [0.15, 0.2) is 56.7 Å². The summed E-state index contributed by atoms with van der Waals surface area (Å²) in [5.74, 6) is -0.0919. The molecule has 1 saturated heterocycles. The molecule has 1 heterocycles. The lowest BCUT2D eigenvalue weighted by atomic mass is 10.2. The zero-order chi connectivity index (χ0) is 20.1. The first kappa shape index (κ1) is 21.2. The molecular formula is C20H23BrN2O3S2. The summed E-state index contributed by atoms with van der Waals surface area (Å²) in [6.07, 6.45) is 6.13. The van der Waals surface area contributed by atoms with E-state index in [0.29, 0.717) is 11.3 Å². The van der Waals surface area contributed by atoms with Gasteiger partial charge in [-0.2, -0.15) is 0 Å². The molecule has 150 valence electrons. The Hall–Kier alpha value is -1.51. The van der Waals surface area contributed by atoms with Gasteiger partial charge < -0.3 is 4.90 Å². The lowest BCUT2D eigenvalue weighted by Gasteiger charge is -2.22. The van der Waals surface area contributed by atoms with E-state index < -0.39 is 10.0 Å². The van der Waals surface area contributed by atoms with Crippen LogP contribution in [0.4, 0.5) is 5.69 Å². The second-order valence-electron chi connectivity index (χ2n) is 6.68. The number of benzene rings is 2. The lowest BCUT2D eigenvalue weighted by molar-refractivity contribution is 0.0758. The van der Waals surface area contributed by atoms with Crippen molar-refractivity contribution < 1.29 is 13.2 Å². The van der Waals surface area contributed by atoms with Gasteiger partial charge in [0.15, 0.2) is 0 Å². The number of sulfonamides is 1. The molecule has 0 radical (unpaired) electrons. The highest BCUT2D eigenvalue weighted by Gasteiger charge is 2.23. The number of rotatable bonds is 5. The van der Waals surface area contributed by atoms with E-state index in [9.17, 15) is 13.2 Å². The summed E-state index contributed by atoms with van der Waals surface area (Å²) in [5, 5.41) is 0. The molecule has 0 aromatic heterocycles. The number of carbonyl (C=O) groups is 1. The highest BCUT2D eigenvalue weighted by atomic mass is 79.9. The Kier molecular flexibility index (Phi) is 7.06. The summed E-state index contributed by atoms with van der Waals surface area (Å²) in [6.45, 7) is 1.44. The molecule has 1 fully saturated rings. The minimum absolute atomic E-state index is 0.0865. The summed E-state index contributed by atoms with van der Waals surface area (Å²) < 4.78 is 29.1. The summed E-state index contributed by atoms with van der Waals surface area (Å²) in [5.41, 5.74) is 0.912. The minimum atomic E-state index is -3.80. The predicted molar refractivity (Wildman–Crippen MR) is 118 cm³/mol. The Morgan fingerprint density at radius 2 is 1.79 bits per heavy atom. The van der Waals surface area contributed by atoms with Gasteiger partial charge in [-0.1, -0.05) is 34.8 Å². The average molecular weight is 483 g/mol. The van der Waals surface area contributed by atoms with Crippen LogP contribution in [0.2, 0.25) is 0 Å². The maximum absolute atomic E-state index is 13.1.